The zero-order valence-corrected chi connectivity index (χ0v) is 4.26. The van der Waals surface area contributed by atoms with E-state index in [1.54, 1.807) is 7.05 Å². The highest BCUT2D eigenvalue weighted by Gasteiger charge is 1.84. The minimum absolute atomic E-state index is 1.26. The Morgan fingerprint density at radius 1 is 1.38 bits per heavy atom. The Morgan fingerprint density at radius 3 is 3.12 bits per heavy atom. The Balaban J connectivity index is 2.66. The maximum Gasteiger partial charge on any atom is 0.162 e. The number of hydrogen-bond donors (Lipinski definition) is 0. The highest BCUT2D eigenvalue weighted by atomic mass is 15.8. The van der Waals surface area contributed by atoms with Crippen LogP contribution in [0, 0.1) is 0 Å². The van der Waals surface area contributed by atoms with Gasteiger partial charge >= 0.3 is 0 Å². The third-order valence-corrected chi connectivity index (χ3v) is 0.531. The average Bonchev–Trinajstić information content (AvgIpc) is 1.94. The fourth-order valence-electron chi connectivity index (χ4n) is 0.243. The second-order valence-electron chi connectivity index (χ2n) is 1.10. The molecule has 1 aliphatic rings. The van der Waals surface area contributed by atoms with Crippen LogP contribution in [0.4, 0.5) is 0 Å². The van der Waals surface area contributed by atoms with Gasteiger partial charge in [-0.3, -0.25) is 0 Å². The van der Waals surface area contributed by atoms with E-state index in [0.717, 1.165) is 0 Å². The molecule has 0 bridgehead atoms. The van der Waals surface area contributed by atoms with E-state index < -0.39 is 0 Å². The number of nitrogens with zero attached hydrogens (tertiary/aromatic N) is 6. The van der Waals surface area contributed by atoms with E-state index in [0.29, 0.717) is 0 Å². The van der Waals surface area contributed by atoms with Crippen molar-refractivity contribution in [2.45, 2.75) is 0 Å². The molecule has 1 rings (SSSR count). The van der Waals surface area contributed by atoms with Gasteiger partial charge < -0.3 is 0 Å². The Bertz CT molecular complexity index is 129. The molecule has 0 saturated carbocycles. The smallest absolute Gasteiger partial charge is 0.162 e. The quantitative estimate of drug-likeness (QED) is 0.452. The summed E-state index contributed by atoms with van der Waals surface area (Å²) in [5.41, 5.74) is 0. The van der Waals surface area contributed by atoms with Crippen molar-refractivity contribution in [1.82, 2.24) is 5.12 Å². The first-order valence-corrected chi connectivity index (χ1v) is 1.96. The first-order chi connectivity index (χ1) is 3.89. The molecule has 1 heterocycles. The van der Waals surface area contributed by atoms with Crippen LogP contribution in [0.5, 0.6) is 0 Å². The van der Waals surface area contributed by atoms with Crippen LogP contribution in [-0.2, 0) is 0 Å². The lowest BCUT2D eigenvalue weighted by Gasteiger charge is -1.95. The van der Waals surface area contributed by atoms with Gasteiger partial charge in [0, 0.05) is 0 Å². The van der Waals surface area contributed by atoms with Gasteiger partial charge in [0.05, 0.1) is 7.05 Å². The fourth-order valence-corrected chi connectivity index (χ4v) is 0.243. The predicted molar refractivity (Wildman–Crippen MR) is 26.0 cm³/mol. The summed E-state index contributed by atoms with van der Waals surface area (Å²) in [5.74, 6) is 0. The molecule has 8 heavy (non-hydrogen) atoms. The van der Waals surface area contributed by atoms with Crippen LogP contribution >= 0.6 is 0 Å². The van der Waals surface area contributed by atoms with E-state index in [2.05, 4.69) is 25.9 Å². The minimum Gasteiger partial charge on any atom is -0.166 e. The molecule has 0 saturated heterocycles. The van der Waals surface area contributed by atoms with Crippen molar-refractivity contribution in [3.05, 3.63) is 0 Å². The van der Waals surface area contributed by atoms with Crippen LogP contribution < -0.4 is 0 Å². The van der Waals surface area contributed by atoms with E-state index in [1.807, 2.05) is 0 Å². The second-order valence-corrected chi connectivity index (χ2v) is 1.10. The van der Waals surface area contributed by atoms with Crippen LogP contribution in [0.3, 0.4) is 0 Å². The van der Waals surface area contributed by atoms with Gasteiger partial charge in [-0.1, -0.05) is 0 Å². The summed E-state index contributed by atoms with van der Waals surface area (Å²) in [4.78, 5) is 0. The summed E-state index contributed by atoms with van der Waals surface area (Å²) < 4.78 is 0. The summed E-state index contributed by atoms with van der Waals surface area (Å²) >= 11 is 0. The van der Waals surface area contributed by atoms with Crippen molar-refractivity contribution < 1.29 is 0 Å². The van der Waals surface area contributed by atoms with E-state index in [4.69, 9.17) is 0 Å². The molecule has 0 unspecified atom stereocenters. The average molecular weight is 112 g/mol. The Labute approximate surface area is 45.6 Å². The summed E-state index contributed by atoms with van der Waals surface area (Å²) in [6.07, 6.45) is 1.26. The van der Waals surface area contributed by atoms with E-state index in [1.165, 1.54) is 11.5 Å². The van der Waals surface area contributed by atoms with E-state index >= 15 is 0 Å². The van der Waals surface area contributed by atoms with Crippen LogP contribution in [-0.4, -0.2) is 18.5 Å². The molecule has 1 aliphatic heterocycles. The molecule has 0 N–H and O–H groups in total. The lowest BCUT2D eigenvalue weighted by Crippen LogP contribution is -1.97. The van der Waals surface area contributed by atoms with Gasteiger partial charge in [-0.25, -0.2) is 0 Å². The van der Waals surface area contributed by atoms with Crippen LogP contribution in [0.15, 0.2) is 25.9 Å². The number of hydrazone groups is 1. The van der Waals surface area contributed by atoms with Gasteiger partial charge in [-0.2, -0.15) is 5.12 Å². The monoisotopic (exact) mass is 112 g/mol. The molecule has 0 spiro atoms. The van der Waals surface area contributed by atoms with Crippen molar-refractivity contribution in [2.75, 3.05) is 7.05 Å². The summed E-state index contributed by atoms with van der Waals surface area (Å²) in [6, 6.07) is 0. The Morgan fingerprint density at radius 2 is 2.25 bits per heavy atom. The molecule has 0 atom stereocenters. The third kappa shape index (κ3) is 1.07. The summed E-state index contributed by atoms with van der Waals surface area (Å²) in [6.45, 7) is 0. The third-order valence-electron chi connectivity index (χ3n) is 0.531. The Kier molecular flexibility index (Phi) is 1.27. The van der Waals surface area contributed by atoms with Crippen LogP contribution in [0.25, 0.3) is 0 Å². The molecule has 0 fully saturated rings. The van der Waals surface area contributed by atoms with Gasteiger partial charge in [-0.15, -0.1) is 10.2 Å². The first kappa shape index (κ1) is 4.82. The van der Waals surface area contributed by atoms with Crippen molar-refractivity contribution in [2.24, 2.45) is 25.9 Å². The molecule has 0 aromatic heterocycles. The molecular weight excluding hydrogens is 108 g/mol. The van der Waals surface area contributed by atoms with Crippen molar-refractivity contribution in [3.8, 4) is 0 Å². The van der Waals surface area contributed by atoms with Gasteiger partial charge in [-0.05, 0) is 15.7 Å². The van der Waals surface area contributed by atoms with Crippen molar-refractivity contribution in [3.63, 3.8) is 0 Å². The first-order valence-electron chi connectivity index (χ1n) is 1.96. The summed E-state index contributed by atoms with van der Waals surface area (Å²) in [5, 5.41) is 18.1. The summed E-state index contributed by atoms with van der Waals surface area (Å²) in [7, 11) is 1.64. The van der Waals surface area contributed by atoms with E-state index in [-0.39, 0.29) is 0 Å². The van der Waals surface area contributed by atoms with Gasteiger partial charge in [0.2, 0.25) is 0 Å². The fraction of sp³-hybridized carbons (Fsp3) is 0.500. The molecular formula is C2H4N6. The normalized spacial score (nSPS) is 16.9. The number of rotatable bonds is 0. The van der Waals surface area contributed by atoms with Gasteiger partial charge in [0.15, 0.2) is 6.34 Å². The highest BCUT2D eigenvalue weighted by Crippen LogP contribution is 1.90. The topological polar surface area (TPSA) is 65.0 Å². The molecule has 42 valence electrons. The minimum atomic E-state index is 1.26. The standard InChI is InChI=1S/C2H4N6/c1-8-4-2-3-5-6-7-8/h2H,1H3. The van der Waals surface area contributed by atoms with E-state index in [9.17, 15) is 0 Å². The maximum absolute atomic E-state index is 3.61. The molecule has 0 aromatic carbocycles. The molecule has 0 aromatic rings. The van der Waals surface area contributed by atoms with Crippen molar-refractivity contribution in [1.29, 1.82) is 0 Å². The second kappa shape index (κ2) is 2.10. The maximum atomic E-state index is 3.61. The van der Waals surface area contributed by atoms with Gasteiger partial charge in [0.1, 0.15) is 0 Å². The molecule has 6 nitrogen and oxygen atoms in total. The zero-order valence-electron chi connectivity index (χ0n) is 4.26. The largest absolute Gasteiger partial charge is 0.166 e. The lowest BCUT2D eigenvalue weighted by atomic mass is 11.3. The number of hydrogen-bond acceptors (Lipinski definition) is 6. The van der Waals surface area contributed by atoms with Crippen LogP contribution in [0.2, 0.25) is 0 Å². The Hall–Kier alpha value is -1.33. The zero-order chi connectivity index (χ0) is 5.82. The predicted octanol–water partition coefficient (Wildman–Crippen LogP) is 0.610. The van der Waals surface area contributed by atoms with Gasteiger partial charge in [0.25, 0.3) is 0 Å². The van der Waals surface area contributed by atoms with Crippen molar-refractivity contribution >= 4 is 6.34 Å². The molecule has 0 aliphatic carbocycles. The molecule has 0 radical (unpaired) electrons. The lowest BCUT2D eigenvalue weighted by molar-refractivity contribution is 0.350. The van der Waals surface area contributed by atoms with Crippen LogP contribution in [0.1, 0.15) is 0 Å². The molecule has 0 amide bonds. The SMILES string of the molecule is CN1N=CN=NN=N1. The highest BCUT2D eigenvalue weighted by molar-refractivity contribution is 5.53. The molecule has 6 heteroatoms.